The van der Waals surface area contributed by atoms with Gasteiger partial charge in [0.25, 0.3) is 0 Å². The SMILES string of the molecule is CN1[C@H]2CCC[C@H]1CC2. The van der Waals surface area contributed by atoms with Crippen molar-refractivity contribution in [3.05, 3.63) is 0 Å². The molecule has 2 atom stereocenters. The second-order valence-electron chi connectivity index (χ2n) is 3.48. The average molecular weight is 125 g/mol. The topological polar surface area (TPSA) is 3.24 Å². The van der Waals surface area contributed by atoms with Crippen LogP contribution in [0.4, 0.5) is 0 Å². The summed E-state index contributed by atoms with van der Waals surface area (Å²) in [6, 6.07) is 1.92. The van der Waals surface area contributed by atoms with E-state index >= 15 is 0 Å². The predicted molar refractivity (Wildman–Crippen MR) is 38.4 cm³/mol. The summed E-state index contributed by atoms with van der Waals surface area (Å²) in [5.41, 5.74) is 0. The average Bonchev–Trinajstić information content (AvgIpc) is 2.19. The first kappa shape index (κ1) is 5.72. The highest BCUT2D eigenvalue weighted by atomic mass is 15.2. The normalized spacial score (nSPS) is 43.7. The van der Waals surface area contributed by atoms with Crippen LogP contribution in [0, 0.1) is 0 Å². The number of hydrogen-bond acceptors (Lipinski definition) is 1. The van der Waals surface area contributed by atoms with Crippen molar-refractivity contribution in [3.8, 4) is 0 Å². The summed E-state index contributed by atoms with van der Waals surface area (Å²) in [5.74, 6) is 0. The number of piperidine rings is 1. The highest BCUT2D eigenvalue weighted by Gasteiger charge is 2.33. The Labute approximate surface area is 57.0 Å². The van der Waals surface area contributed by atoms with Gasteiger partial charge in [0.2, 0.25) is 0 Å². The van der Waals surface area contributed by atoms with Crippen molar-refractivity contribution in [1.82, 2.24) is 4.90 Å². The van der Waals surface area contributed by atoms with Gasteiger partial charge in [0.15, 0.2) is 0 Å². The molecule has 0 aromatic carbocycles. The van der Waals surface area contributed by atoms with Gasteiger partial charge in [-0.2, -0.15) is 0 Å². The standard InChI is InChI=1S/C8H15N/c1-9-7-3-2-4-8(9)6-5-7/h7-8H,2-6H2,1H3/t7-,8-/m0/s1. The van der Waals surface area contributed by atoms with E-state index in [9.17, 15) is 0 Å². The molecule has 0 radical (unpaired) electrons. The Hall–Kier alpha value is -0.0400. The highest BCUT2D eigenvalue weighted by molar-refractivity contribution is 4.89. The molecule has 1 nitrogen and oxygen atoms in total. The van der Waals surface area contributed by atoms with Gasteiger partial charge in [0, 0.05) is 12.1 Å². The van der Waals surface area contributed by atoms with Crippen molar-refractivity contribution in [1.29, 1.82) is 0 Å². The quantitative estimate of drug-likeness (QED) is 0.475. The first-order chi connectivity index (χ1) is 4.38. The molecular formula is C8H15N. The molecule has 0 aliphatic carbocycles. The highest BCUT2D eigenvalue weighted by Crippen LogP contribution is 2.33. The third-order valence-corrected chi connectivity index (χ3v) is 3.06. The number of fused-ring (bicyclic) bond motifs is 2. The van der Waals surface area contributed by atoms with E-state index in [-0.39, 0.29) is 0 Å². The maximum absolute atomic E-state index is 2.59. The lowest BCUT2D eigenvalue weighted by atomic mass is 10.0. The van der Waals surface area contributed by atoms with Gasteiger partial charge in [-0.05, 0) is 32.7 Å². The Bertz CT molecular complexity index is 95.1. The molecule has 2 heterocycles. The fraction of sp³-hybridized carbons (Fsp3) is 1.00. The van der Waals surface area contributed by atoms with Gasteiger partial charge < -0.3 is 4.90 Å². The molecule has 2 saturated heterocycles. The molecule has 0 unspecified atom stereocenters. The van der Waals surface area contributed by atoms with Crippen LogP contribution >= 0.6 is 0 Å². The number of hydrogen-bond donors (Lipinski definition) is 0. The number of nitrogens with zero attached hydrogens (tertiary/aromatic N) is 1. The van der Waals surface area contributed by atoms with Gasteiger partial charge >= 0.3 is 0 Å². The minimum atomic E-state index is 0.962. The smallest absolute Gasteiger partial charge is 0.00957 e. The summed E-state index contributed by atoms with van der Waals surface area (Å²) in [6.45, 7) is 0. The third kappa shape index (κ3) is 0.787. The van der Waals surface area contributed by atoms with Crippen LogP contribution in [0.3, 0.4) is 0 Å². The second-order valence-corrected chi connectivity index (χ2v) is 3.48. The summed E-state index contributed by atoms with van der Waals surface area (Å²) in [5, 5.41) is 0. The first-order valence-corrected chi connectivity index (χ1v) is 4.10. The van der Waals surface area contributed by atoms with E-state index in [4.69, 9.17) is 0 Å². The number of rotatable bonds is 0. The zero-order valence-corrected chi connectivity index (χ0v) is 6.14. The Morgan fingerprint density at radius 1 is 1.00 bits per heavy atom. The van der Waals surface area contributed by atoms with Gasteiger partial charge in [0.1, 0.15) is 0 Å². The second kappa shape index (κ2) is 1.98. The van der Waals surface area contributed by atoms with Crippen LogP contribution < -0.4 is 0 Å². The van der Waals surface area contributed by atoms with Crippen LogP contribution in [-0.2, 0) is 0 Å². The van der Waals surface area contributed by atoms with E-state index in [1.165, 1.54) is 32.1 Å². The van der Waals surface area contributed by atoms with Crippen molar-refractivity contribution in [2.45, 2.75) is 44.2 Å². The molecule has 0 aromatic heterocycles. The van der Waals surface area contributed by atoms with E-state index in [2.05, 4.69) is 11.9 Å². The van der Waals surface area contributed by atoms with E-state index in [1.54, 1.807) is 0 Å². The van der Waals surface area contributed by atoms with Crippen molar-refractivity contribution >= 4 is 0 Å². The van der Waals surface area contributed by atoms with Crippen molar-refractivity contribution in [2.24, 2.45) is 0 Å². The summed E-state index contributed by atoms with van der Waals surface area (Å²) in [4.78, 5) is 2.59. The van der Waals surface area contributed by atoms with Crippen LogP contribution in [-0.4, -0.2) is 24.0 Å². The zero-order valence-electron chi connectivity index (χ0n) is 6.14. The molecule has 0 spiro atoms. The van der Waals surface area contributed by atoms with Gasteiger partial charge in [-0.15, -0.1) is 0 Å². The molecule has 0 aromatic rings. The molecule has 2 aliphatic rings. The molecule has 0 amide bonds. The predicted octanol–water partition coefficient (Wildman–Crippen LogP) is 1.63. The van der Waals surface area contributed by atoms with Crippen LogP contribution in [0.5, 0.6) is 0 Å². The van der Waals surface area contributed by atoms with Crippen molar-refractivity contribution < 1.29 is 0 Å². The minimum Gasteiger partial charge on any atom is -0.300 e. The third-order valence-electron chi connectivity index (χ3n) is 3.06. The van der Waals surface area contributed by atoms with Crippen LogP contribution in [0.2, 0.25) is 0 Å². The summed E-state index contributed by atoms with van der Waals surface area (Å²) < 4.78 is 0. The molecule has 2 bridgehead atoms. The van der Waals surface area contributed by atoms with Crippen molar-refractivity contribution in [2.75, 3.05) is 7.05 Å². The summed E-state index contributed by atoms with van der Waals surface area (Å²) in [6.07, 6.45) is 7.36. The maximum Gasteiger partial charge on any atom is 0.00957 e. The Kier molecular flexibility index (Phi) is 1.26. The molecule has 2 fully saturated rings. The van der Waals surface area contributed by atoms with E-state index in [0.717, 1.165) is 12.1 Å². The lowest BCUT2D eigenvalue weighted by Gasteiger charge is -2.30. The Balaban J connectivity index is 2.10. The maximum atomic E-state index is 2.59. The molecule has 52 valence electrons. The zero-order chi connectivity index (χ0) is 6.27. The van der Waals surface area contributed by atoms with Crippen LogP contribution in [0.1, 0.15) is 32.1 Å². The molecular weight excluding hydrogens is 110 g/mol. The van der Waals surface area contributed by atoms with E-state index in [0.29, 0.717) is 0 Å². The van der Waals surface area contributed by atoms with Gasteiger partial charge in [-0.1, -0.05) is 6.42 Å². The van der Waals surface area contributed by atoms with Gasteiger partial charge in [0.05, 0.1) is 0 Å². The molecule has 0 N–H and O–H groups in total. The van der Waals surface area contributed by atoms with Crippen molar-refractivity contribution in [3.63, 3.8) is 0 Å². The summed E-state index contributed by atoms with van der Waals surface area (Å²) >= 11 is 0. The summed E-state index contributed by atoms with van der Waals surface area (Å²) in [7, 11) is 2.29. The van der Waals surface area contributed by atoms with Crippen LogP contribution in [0.15, 0.2) is 0 Å². The lowest BCUT2D eigenvalue weighted by molar-refractivity contribution is 0.179. The monoisotopic (exact) mass is 125 g/mol. The first-order valence-electron chi connectivity index (χ1n) is 4.10. The molecule has 2 aliphatic heterocycles. The molecule has 2 rings (SSSR count). The fourth-order valence-electron chi connectivity index (χ4n) is 2.38. The van der Waals surface area contributed by atoms with Crippen LogP contribution in [0.25, 0.3) is 0 Å². The molecule has 0 saturated carbocycles. The molecule has 9 heavy (non-hydrogen) atoms. The Morgan fingerprint density at radius 3 is 2.00 bits per heavy atom. The largest absolute Gasteiger partial charge is 0.300 e. The Morgan fingerprint density at radius 2 is 1.56 bits per heavy atom. The molecule has 1 heteroatoms. The fourth-order valence-corrected chi connectivity index (χ4v) is 2.38. The van der Waals surface area contributed by atoms with Gasteiger partial charge in [-0.25, -0.2) is 0 Å². The minimum absolute atomic E-state index is 0.962. The van der Waals surface area contributed by atoms with E-state index in [1.807, 2.05) is 0 Å². The lowest BCUT2D eigenvalue weighted by Crippen LogP contribution is -2.35. The van der Waals surface area contributed by atoms with Gasteiger partial charge in [-0.3, -0.25) is 0 Å². The van der Waals surface area contributed by atoms with E-state index < -0.39 is 0 Å².